The van der Waals surface area contributed by atoms with Crippen LogP contribution in [0.1, 0.15) is 33.2 Å². The highest BCUT2D eigenvalue weighted by Gasteiger charge is 2.51. The molecule has 2 aliphatic rings. The second-order valence-electron chi connectivity index (χ2n) is 8.96. The number of phosphoric ester groups is 1. The standard InChI is InChI=1S/C22H27N4O12P/c23-19(31)11-3-1-5-25(7-11)21-17(29)15(27)13(37-21)9-35-39(33,34)36-10-14-16(28)18(30)22(38-14)26-6-2-4-12(8-26)20(24)32/h1-8,13-18,21-22,27-30H,9-10H2,(H3-2,23,24,31,32,33,34)/p+2/t13-,14-,15-,16-,17-,18-,21+,22+/m1/s1. The summed E-state index contributed by atoms with van der Waals surface area (Å²) in [6.45, 7) is -1.35. The number of nitrogens with zero attached hydrogens (tertiary/aromatic N) is 2. The van der Waals surface area contributed by atoms with Gasteiger partial charge in [-0.2, -0.15) is 9.13 Å². The number of hydrogen-bond acceptors (Lipinski definition) is 11. The van der Waals surface area contributed by atoms with E-state index in [9.17, 15) is 39.5 Å². The summed E-state index contributed by atoms with van der Waals surface area (Å²) in [5, 5.41) is 41.4. The van der Waals surface area contributed by atoms with E-state index in [0.717, 1.165) is 0 Å². The van der Waals surface area contributed by atoms with Crippen LogP contribution in [0.2, 0.25) is 0 Å². The minimum atomic E-state index is -4.80. The first-order valence-electron chi connectivity index (χ1n) is 11.6. The molecule has 212 valence electrons. The van der Waals surface area contributed by atoms with Gasteiger partial charge in [-0.3, -0.25) is 18.6 Å². The summed E-state index contributed by atoms with van der Waals surface area (Å²) in [5.41, 5.74) is 10.8. The third kappa shape index (κ3) is 6.47. The molecule has 2 fully saturated rings. The van der Waals surface area contributed by atoms with Crippen molar-refractivity contribution < 1.29 is 67.1 Å². The molecule has 0 bridgehead atoms. The van der Waals surface area contributed by atoms with E-state index in [0.29, 0.717) is 0 Å². The van der Waals surface area contributed by atoms with E-state index in [-0.39, 0.29) is 11.1 Å². The molecule has 9 N–H and O–H groups in total. The number of hydrogen-bond donors (Lipinski definition) is 7. The van der Waals surface area contributed by atoms with Crippen LogP contribution < -0.4 is 20.6 Å². The van der Waals surface area contributed by atoms with Crippen LogP contribution in [0.25, 0.3) is 0 Å². The highest BCUT2D eigenvalue weighted by molar-refractivity contribution is 7.47. The summed E-state index contributed by atoms with van der Waals surface area (Å²) < 4.78 is 36.0. The molecule has 2 saturated heterocycles. The molecule has 4 heterocycles. The Kier molecular flexibility index (Phi) is 8.72. The number of nitrogens with two attached hydrogens (primary N) is 2. The van der Waals surface area contributed by atoms with Gasteiger partial charge < -0.3 is 46.3 Å². The van der Waals surface area contributed by atoms with Gasteiger partial charge in [-0.1, -0.05) is 0 Å². The summed E-state index contributed by atoms with van der Waals surface area (Å²) in [5.74, 6) is -1.44. The molecule has 0 aromatic carbocycles. The van der Waals surface area contributed by atoms with Crippen molar-refractivity contribution in [2.45, 2.75) is 49.1 Å². The van der Waals surface area contributed by atoms with E-state index in [1.54, 1.807) is 0 Å². The zero-order valence-corrected chi connectivity index (χ0v) is 21.1. The summed E-state index contributed by atoms with van der Waals surface area (Å²) >= 11 is 0. The second kappa shape index (κ2) is 11.7. The minimum absolute atomic E-state index is 0.124. The first kappa shape index (κ1) is 29.1. The largest absolute Gasteiger partial charge is 0.472 e. The predicted molar refractivity (Wildman–Crippen MR) is 124 cm³/mol. The summed E-state index contributed by atoms with van der Waals surface area (Å²) in [7, 11) is -4.80. The SMILES string of the molecule is NC(=O)c1ccc[n+]([C@H]2O[C@H](COP(=O)(O)OC[C@H]3O[C@H]([n+]4cccc(C(N)=O)c4)[C@H](O)[C@@H]3O)[C@@H](O)[C@H]2O)c1. The van der Waals surface area contributed by atoms with Crippen LogP contribution >= 0.6 is 7.82 Å². The molecule has 0 unspecified atom stereocenters. The fourth-order valence-corrected chi connectivity index (χ4v) is 4.94. The molecule has 2 aromatic rings. The van der Waals surface area contributed by atoms with Gasteiger partial charge in [-0.25, -0.2) is 4.57 Å². The van der Waals surface area contributed by atoms with Crippen LogP contribution in [0.3, 0.4) is 0 Å². The number of aliphatic hydroxyl groups is 4. The van der Waals surface area contributed by atoms with Crippen molar-refractivity contribution in [3.05, 3.63) is 60.2 Å². The van der Waals surface area contributed by atoms with E-state index in [1.165, 1.54) is 58.2 Å². The Morgan fingerprint density at radius 1 is 0.795 bits per heavy atom. The van der Waals surface area contributed by atoms with Crippen LogP contribution in [-0.2, 0) is 23.1 Å². The number of aromatic nitrogens is 2. The van der Waals surface area contributed by atoms with E-state index in [1.807, 2.05) is 0 Å². The number of aliphatic hydroxyl groups excluding tert-OH is 4. The van der Waals surface area contributed by atoms with Gasteiger partial charge in [0.1, 0.15) is 35.5 Å². The van der Waals surface area contributed by atoms with Crippen LogP contribution in [0, 0.1) is 0 Å². The summed E-state index contributed by atoms with van der Waals surface area (Å²) in [6.07, 6.45) is -5.27. The van der Waals surface area contributed by atoms with E-state index in [4.69, 9.17) is 30.0 Å². The number of ether oxygens (including phenoxy) is 2. The maximum atomic E-state index is 12.4. The highest BCUT2D eigenvalue weighted by Crippen LogP contribution is 2.45. The van der Waals surface area contributed by atoms with Crippen molar-refractivity contribution in [2.75, 3.05) is 13.2 Å². The molecule has 8 atom stereocenters. The molecule has 4 rings (SSSR count). The lowest BCUT2D eigenvalue weighted by molar-refractivity contribution is -0.766. The minimum Gasteiger partial charge on any atom is -0.387 e. The molecule has 17 heteroatoms. The zero-order chi connectivity index (χ0) is 28.5. The molecule has 39 heavy (non-hydrogen) atoms. The van der Waals surface area contributed by atoms with E-state index < -0.39 is 81.9 Å². The fraction of sp³-hybridized carbons (Fsp3) is 0.455. The quantitative estimate of drug-likeness (QED) is 0.108. The molecular weight excluding hydrogens is 543 g/mol. The number of carbonyl (C=O) groups excluding carboxylic acids is 2. The van der Waals surface area contributed by atoms with Gasteiger partial charge in [0.15, 0.2) is 37.0 Å². The van der Waals surface area contributed by atoms with Gasteiger partial charge in [0.05, 0.1) is 13.2 Å². The smallest absolute Gasteiger partial charge is 0.387 e. The van der Waals surface area contributed by atoms with Crippen molar-refractivity contribution in [3.63, 3.8) is 0 Å². The van der Waals surface area contributed by atoms with E-state index >= 15 is 0 Å². The monoisotopic (exact) mass is 572 g/mol. The zero-order valence-electron chi connectivity index (χ0n) is 20.2. The second-order valence-corrected chi connectivity index (χ2v) is 10.4. The van der Waals surface area contributed by atoms with Crippen molar-refractivity contribution in [3.8, 4) is 0 Å². The number of primary amides is 2. The number of amides is 2. The van der Waals surface area contributed by atoms with Crippen molar-refractivity contribution in [1.82, 2.24) is 0 Å². The normalized spacial score (nSPS) is 32.1. The average molecular weight is 572 g/mol. The van der Waals surface area contributed by atoms with Gasteiger partial charge in [0.25, 0.3) is 24.3 Å². The van der Waals surface area contributed by atoms with E-state index in [2.05, 4.69) is 0 Å². The molecule has 2 amide bonds. The summed E-state index contributed by atoms with van der Waals surface area (Å²) in [4.78, 5) is 32.9. The van der Waals surface area contributed by atoms with Gasteiger partial charge in [-0.05, 0) is 12.1 Å². The Balaban J connectivity index is 1.33. The lowest BCUT2D eigenvalue weighted by atomic mass is 10.1. The molecule has 16 nitrogen and oxygen atoms in total. The molecule has 2 aliphatic heterocycles. The molecule has 0 spiro atoms. The van der Waals surface area contributed by atoms with Crippen LogP contribution in [0.4, 0.5) is 0 Å². The van der Waals surface area contributed by atoms with Gasteiger partial charge in [0, 0.05) is 12.1 Å². The first-order chi connectivity index (χ1) is 18.4. The Labute approximate surface area is 221 Å². The molecule has 2 aromatic heterocycles. The van der Waals surface area contributed by atoms with Gasteiger partial charge >= 0.3 is 7.82 Å². The topological polar surface area (TPSA) is 249 Å². The maximum Gasteiger partial charge on any atom is 0.472 e. The lowest BCUT2D eigenvalue weighted by Gasteiger charge is -2.19. The van der Waals surface area contributed by atoms with Crippen molar-refractivity contribution >= 4 is 19.6 Å². The maximum absolute atomic E-state index is 12.4. The van der Waals surface area contributed by atoms with Gasteiger partial charge in [-0.15, -0.1) is 0 Å². The highest BCUT2D eigenvalue weighted by atomic mass is 31.2. The summed E-state index contributed by atoms with van der Waals surface area (Å²) in [6, 6.07) is 5.85. The Morgan fingerprint density at radius 3 is 1.54 bits per heavy atom. The molecule has 0 aliphatic carbocycles. The molecule has 0 saturated carbocycles. The number of pyridine rings is 2. The average Bonchev–Trinajstić information content (AvgIpc) is 3.36. The number of carbonyl (C=O) groups is 2. The fourth-order valence-electron chi connectivity index (χ4n) is 4.19. The third-order valence-electron chi connectivity index (χ3n) is 6.28. The Bertz CT molecular complexity index is 1180. The van der Waals surface area contributed by atoms with Gasteiger partial charge in [0.2, 0.25) is 0 Å². The molecule has 0 radical (unpaired) electrons. The van der Waals surface area contributed by atoms with Crippen LogP contribution in [-0.4, -0.2) is 87.0 Å². The first-order valence-corrected chi connectivity index (χ1v) is 13.1. The Morgan fingerprint density at radius 2 is 1.18 bits per heavy atom. The Hall–Kier alpha value is -2.89. The number of rotatable bonds is 10. The lowest BCUT2D eigenvalue weighted by Crippen LogP contribution is -2.46. The van der Waals surface area contributed by atoms with Crippen molar-refractivity contribution in [1.29, 1.82) is 0 Å². The van der Waals surface area contributed by atoms with Crippen molar-refractivity contribution in [2.24, 2.45) is 11.5 Å². The predicted octanol–water partition coefficient (Wildman–Crippen LogP) is -3.47. The van der Waals surface area contributed by atoms with Crippen LogP contribution in [0.15, 0.2) is 49.1 Å². The third-order valence-corrected chi connectivity index (χ3v) is 7.23. The number of phosphoric acid groups is 1. The van der Waals surface area contributed by atoms with Crippen LogP contribution in [0.5, 0.6) is 0 Å². The molecular formula is C22H29N4O12P+2.